The Morgan fingerprint density at radius 2 is 1.90 bits per heavy atom. The average molecular weight is 556 g/mol. The average Bonchev–Trinajstić information content (AvgIpc) is 3.46. The topological polar surface area (TPSA) is 132 Å². The molecule has 2 N–H and O–H groups in total. The van der Waals surface area contributed by atoms with Crippen LogP contribution in [-0.4, -0.2) is 56.3 Å². The zero-order chi connectivity index (χ0) is 27.6. The third kappa shape index (κ3) is 5.96. The number of piperidine rings is 1. The van der Waals surface area contributed by atoms with Crippen molar-refractivity contribution in [2.75, 3.05) is 36.8 Å². The molecule has 0 amide bonds. The van der Waals surface area contributed by atoms with Crippen LogP contribution in [0, 0.1) is 13.8 Å². The quantitative estimate of drug-likeness (QED) is 0.283. The van der Waals surface area contributed by atoms with Gasteiger partial charge >= 0.3 is 0 Å². The number of likely N-dealkylation sites (tertiary alicyclic amines) is 1. The summed E-state index contributed by atoms with van der Waals surface area (Å²) >= 11 is 0. The highest BCUT2D eigenvalue weighted by Gasteiger charge is 2.25. The van der Waals surface area contributed by atoms with Crippen LogP contribution in [0.1, 0.15) is 36.8 Å². The summed E-state index contributed by atoms with van der Waals surface area (Å²) in [5.74, 6) is 1.75. The number of nitrogens with zero attached hydrogens (tertiary/aromatic N) is 3. The fourth-order valence-corrected chi connectivity index (χ4v) is 6.25. The van der Waals surface area contributed by atoms with Crippen molar-refractivity contribution in [3.05, 3.63) is 53.4 Å². The zero-order valence-corrected chi connectivity index (χ0v) is 23.3. The van der Waals surface area contributed by atoms with Crippen molar-refractivity contribution in [2.45, 2.75) is 51.1 Å². The Bertz CT molecular complexity index is 1540. The molecule has 1 saturated heterocycles. The number of methoxy groups -OCH3 is 1. The second-order valence-corrected chi connectivity index (χ2v) is 11.2. The first kappa shape index (κ1) is 26.8. The summed E-state index contributed by atoms with van der Waals surface area (Å²) in [7, 11) is -2.20. The maximum atomic E-state index is 12.8. The molecule has 2 aromatic carbocycles. The van der Waals surface area contributed by atoms with Gasteiger partial charge in [0.25, 0.3) is 16.0 Å². The van der Waals surface area contributed by atoms with Crippen molar-refractivity contribution in [1.29, 1.82) is 0 Å². The lowest BCUT2D eigenvalue weighted by atomic mass is 10.0. The molecule has 39 heavy (non-hydrogen) atoms. The number of ether oxygens (including phenoxy) is 2. The smallest absolute Gasteiger partial charge is 0.295 e. The van der Waals surface area contributed by atoms with Gasteiger partial charge in [0.2, 0.25) is 0 Å². The number of fused-ring (bicyclic) bond motifs is 1. The lowest BCUT2D eigenvalue weighted by Gasteiger charge is -2.32. The molecular weight excluding hydrogens is 522 g/mol. The highest BCUT2D eigenvalue weighted by Crippen LogP contribution is 2.30. The van der Waals surface area contributed by atoms with Crippen molar-refractivity contribution in [2.24, 2.45) is 0 Å². The number of nitrogens with one attached hydrogen (secondary N) is 2. The molecule has 0 radical (unpaired) electrons. The van der Waals surface area contributed by atoms with Crippen molar-refractivity contribution in [3.63, 3.8) is 0 Å². The van der Waals surface area contributed by atoms with E-state index in [1.54, 1.807) is 39.2 Å². The van der Waals surface area contributed by atoms with Crippen molar-refractivity contribution in [3.8, 4) is 11.5 Å². The van der Waals surface area contributed by atoms with Gasteiger partial charge in [0.15, 0.2) is 27.7 Å². The molecule has 5 rings (SSSR count). The predicted molar refractivity (Wildman–Crippen MR) is 147 cm³/mol. The van der Waals surface area contributed by atoms with Gasteiger partial charge < -0.3 is 23.7 Å². The number of hydrogen-bond acceptors (Lipinski definition) is 10. The van der Waals surface area contributed by atoms with Gasteiger partial charge in [-0.15, -0.1) is 0 Å². The number of anilines is 2. The van der Waals surface area contributed by atoms with E-state index in [4.69, 9.17) is 18.4 Å². The molecule has 2 aromatic heterocycles. The van der Waals surface area contributed by atoms with Crippen molar-refractivity contribution in [1.82, 2.24) is 15.0 Å². The first-order valence-electron chi connectivity index (χ1n) is 12.9. The Labute approximate surface area is 227 Å². The molecular formula is C27H33N5O6S. The molecule has 208 valence electrons. The van der Waals surface area contributed by atoms with E-state index < -0.39 is 10.0 Å². The summed E-state index contributed by atoms with van der Waals surface area (Å²) in [4.78, 5) is 7.00. The highest BCUT2D eigenvalue weighted by molar-refractivity contribution is 7.92. The maximum Gasteiger partial charge on any atom is 0.295 e. The van der Waals surface area contributed by atoms with Crippen LogP contribution in [-0.2, 0) is 16.6 Å². The molecule has 1 fully saturated rings. The first-order chi connectivity index (χ1) is 18.8. The SMILES string of the molecule is CCOc1cc(CN2CCC(Nc3nc4cc(NS(=O)(=O)c5c(C)noc5C)ccc4o3)CC2)ccc1OC. The van der Waals surface area contributed by atoms with Crippen LogP contribution in [0.4, 0.5) is 11.7 Å². The summed E-state index contributed by atoms with van der Waals surface area (Å²) in [6, 6.07) is 11.7. The third-order valence-electron chi connectivity index (χ3n) is 6.73. The standard InChI is InChI=1S/C27H33N5O6S/c1-5-36-25-14-19(6-8-24(25)35-4)16-32-12-10-20(11-13-32)28-27-29-22-15-21(7-9-23(22)37-27)31-39(33,34)26-17(2)30-38-18(26)3/h6-9,14-15,20,31H,5,10-13,16H2,1-4H3,(H,28,29). The van der Waals surface area contributed by atoms with Crippen LogP contribution in [0.25, 0.3) is 11.1 Å². The Morgan fingerprint density at radius 1 is 1.10 bits per heavy atom. The highest BCUT2D eigenvalue weighted by atomic mass is 32.2. The molecule has 0 bridgehead atoms. The molecule has 0 atom stereocenters. The third-order valence-corrected chi connectivity index (χ3v) is 8.35. The normalized spacial score (nSPS) is 15.0. The van der Waals surface area contributed by atoms with Crippen LogP contribution in [0.2, 0.25) is 0 Å². The van der Waals surface area contributed by atoms with Gasteiger partial charge in [0, 0.05) is 25.7 Å². The Kier molecular flexibility index (Phi) is 7.67. The number of sulfonamides is 1. The lowest BCUT2D eigenvalue weighted by Crippen LogP contribution is -2.38. The maximum absolute atomic E-state index is 12.8. The molecule has 3 heterocycles. The number of oxazole rings is 1. The molecule has 0 saturated carbocycles. The summed E-state index contributed by atoms with van der Waals surface area (Å²) < 4.78 is 50.3. The second-order valence-electron chi connectivity index (χ2n) is 9.57. The number of benzene rings is 2. The number of hydrogen-bond donors (Lipinski definition) is 2. The zero-order valence-electron chi connectivity index (χ0n) is 22.5. The van der Waals surface area contributed by atoms with E-state index in [0.29, 0.717) is 35.1 Å². The molecule has 12 heteroatoms. The fourth-order valence-electron chi connectivity index (χ4n) is 4.87. The van der Waals surface area contributed by atoms with E-state index in [2.05, 4.69) is 31.1 Å². The van der Waals surface area contributed by atoms with Crippen LogP contribution in [0.3, 0.4) is 0 Å². The van der Waals surface area contributed by atoms with Gasteiger partial charge in [-0.25, -0.2) is 8.42 Å². The fraction of sp³-hybridized carbons (Fsp3) is 0.407. The summed E-state index contributed by atoms with van der Waals surface area (Å²) in [5.41, 5.74) is 2.99. The van der Waals surface area contributed by atoms with E-state index in [9.17, 15) is 8.42 Å². The number of aromatic nitrogens is 2. The minimum absolute atomic E-state index is 0.0400. The molecule has 0 spiro atoms. The Hall–Kier alpha value is -3.77. The van der Waals surface area contributed by atoms with Crippen molar-refractivity contribution < 1.29 is 26.8 Å². The first-order valence-corrected chi connectivity index (χ1v) is 14.4. The van der Waals surface area contributed by atoms with Gasteiger partial charge in [-0.05, 0) is 69.5 Å². The largest absolute Gasteiger partial charge is 0.493 e. The van der Waals surface area contributed by atoms with Crippen LogP contribution >= 0.6 is 0 Å². The number of rotatable bonds is 10. The van der Waals surface area contributed by atoms with Gasteiger partial charge in [0.05, 0.1) is 19.4 Å². The van der Waals surface area contributed by atoms with E-state index in [0.717, 1.165) is 44.0 Å². The van der Waals surface area contributed by atoms with Crippen molar-refractivity contribution >= 4 is 32.8 Å². The molecule has 1 aliphatic heterocycles. The van der Waals surface area contributed by atoms with Gasteiger partial charge in [-0.3, -0.25) is 9.62 Å². The van der Waals surface area contributed by atoms with Gasteiger partial charge in [0.1, 0.15) is 11.2 Å². The van der Waals surface area contributed by atoms with E-state index in [1.165, 1.54) is 5.56 Å². The monoisotopic (exact) mass is 555 g/mol. The molecule has 11 nitrogen and oxygen atoms in total. The van der Waals surface area contributed by atoms with E-state index in [-0.39, 0.29) is 16.7 Å². The van der Waals surface area contributed by atoms with Gasteiger partial charge in [-0.2, -0.15) is 4.98 Å². The minimum Gasteiger partial charge on any atom is -0.493 e. The summed E-state index contributed by atoms with van der Waals surface area (Å²) in [6.45, 7) is 8.41. The van der Waals surface area contributed by atoms with E-state index >= 15 is 0 Å². The summed E-state index contributed by atoms with van der Waals surface area (Å²) in [5, 5.41) is 7.13. The van der Waals surface area contributed by atoms with Crippen LogP contribution < -0.4 is 19.5 Å². The Morgan fingerprint density at radius 3 is 2.59 bits per heavy atom. The van der Waals surface area contributed by atoms with E-state index in [1.807, 2.05) is 19.1 Å². The number of aryl methyl sites for hydroxylation is 2. The molecule has 0 unspecified atom stereocenters. The summed E-state index contributed by atoms with van der Waals surface area (Å²) in [6.07, 6.45) is 1.88. The van der Waals surface area contributed by atoms with Crippen LogP contribution in [0.15, 0.2) is 50.2 Å². The molecule has 4 aromatic rings. The lowest BCUT2D eigenvalue weighted by molar-refractivity contribution is 0.210. The predicted octanol–water partition coefficient (Wildman–Crippen LogP) is 4.72. The minimum atomic E-state index is -3.85. The Balaban J connectivity index is 1.19. The molecule has 0 aliphatic carbocycles. The van der Waals surface area contributed by atoms with Crippen LogP contribution in [0.5, 0.6) is 11.5 Å². The van der Waals surface area contributed by atoms with Gasteiger partial charge in [-0.1, -0.05) is 11.2 Å². The molecule has 1 aliphatic rings. The second kappa shape index (κ2) is 11.1.